The van der Waals surface area contributed by atoms with E-state index in [1.807, 2.05) is 18.2 Å². The Bertz CT molecular complexity index is 481. The topological polar surface area (TPSA) is 65.0 Å². The Kier molecular flexibility index (Phi) is 4.27. The minimum absolute atomic E-state index is 0.117. The number of hydrogen-bond acceptors (Lipinski definition) is 3. The Morgan fingerprint density at radius 2 is 2.17 bits per heavy atom. The molecule has 1 atom stereocenters. The molecule has 1 aliphatic rings. The normalized spacial score (nSPS) is 19.7. The first kappa shape index (κ1) is 13.4. The largest absolute Gasteiger partial charge is 0.356 e. The first-order valence-corrected chi connectivity index (χ1v) is 6.93. The van der Waals surface area contributed by atoms with Gasteiger partial charge in [0.1, 0.15) is 0 Å². The predicted octanol–water partition coefficient (Wildman–Crippen LogP) is 1.19. The lowest BCUT2D eigenvalue weighted by atomic mass is 10.1. The molecule has 0 spiro atoms. The first-order chi connectivity index (χ1) is 8.61. The molecule has 0 bridgehead atoms. The zero-order valence-electron chi connectivity index (χ0n) is 9.77. The second-order valence-electron chi connectivity index (χ2n) is 4.05. The van der Waals surface area contributed by atoms with Crippen molar-refractivity contribution in [3.05, 3.63) is 34.9 Å². The molecular formula is C12H14ClN2O2S+. The van der Waals surface area contributed by atoms with Crippen LogP contribution in [0.3, 0.4) is 0 Å². The van der Waals surface area contributed by atoms with Crippen molar-refractivity contribution in [1.82, 2.24) is 4.90 Å². The van der Waals surface area contributed by atoms with Crippen LogP contribution < -0.4 is 5.73 Å². The van der Waals surface area contributed by atoms with Crippen molar-refractivity contribution < 1.29 is 15.3 Å². The van der Waals surface area contributed by atoms with E-state index in [0.717, 1.165) is 17.3 Å². The first-order valence-electron chi connectivity index (χ1n) is 5.67. The highest BCUT2D eigenvalue weighted by Crippen LogP contribution is 2.29. The van der Waals surface area contributed by atoms with Crippen LogP contribution in [0, 0.1) is 0 Å². The summed E-state index contributed by atoms with van der Waals surface area (Å²) in [5.41, 5.74) is 4.64. The average Bonchev–Trinajstić information content (AvgIpc) is 2.57. The zero-order chi connectivity index (χ0) is 13.1. The van der Waals surface area contributed by atoms with Crippen LogP contribution in [-0.4, -0.2) is 34.4 Å². The molecule has 1 heterocycles. The molecule has 0 saturated carbocycles. The summed E-state index contributed by atoms with van der Waals surface area (Å²) in [7, 11) is 0. The second-order valence-corrected chi connectivity index (χ2v) is 5.64. The van der Waals surface area contributed by atoms with Crippen LogP contribution in [0.5, 0.6) is 0 Å². The number of carbonyl (C=O) groups excluding carboxylic acids is 2. The van der Waals surface area contributed by atoms with E-state index in [-0.39, 0.29) is 16.4 Å². The molecule has 1 aromatic carbocycles. The molecule has 0 aliphatic carbocycles. The van der Waals surface area contributed by atoms with E-state index in [1.165, 1.54) is 4.90 Å². The number of quaternary nitrogens is 1. The number of carbonyl (C=O) groups is 2. The molecule has 1 fully saturated rings. The number of rotatable bonds is 4. The fourth-order valence-corrected chi connectivity index (χ4v) is 3.13. The van der Waals surface area contributed by atoms with E-state index in [0.29, 0.717) is 24.5 Å². The lowest BCUT2D eigenvalue weighted by Gasteiger charge is -2.11. The van der Waals surface area contributed by atoms with Gasteiger partial charge in [-0.1, -0.05) is 35.5 Å². The van der Waals surface area contributed by atoms with Crippen LogP contribution in [0.4, 0.5) is 4.79 Å². The van der Waals surface area contributed by atoms with Gasteiger partial charge in [0.2, 0.25) is 5.91 Å². The SMILES string of the molecule is [NH3+]CCN1C(=O)S[C@H](Cc2cccc(Cl)c2)C1=O. The van der Waals surface area contributed by atoms with Gasteiger partial charge in [-0.3, -0.25) is 14.5 Å². The number of halogens is 1. The zero-order valence-corrected chi connectivity index (χ0v) is 11.3. The summed E-state index contributed by atoms with van der Waals surface area (Å²) in [5, 5.41) is 0.141. The average molecular weight is 286 g/mol. The van der Waals surface area contributed by atoms with Gasteiger partial charge >= 0.3 is 0 Å². The quantitative estimate of drug-likeness (QED) is 0.904. The molecule has 96 valence electrons. The highest BCUT2D eigenvalue weighted by atomic mass is 35.5. The van der Waals surface area contributed by atoms with Gasteiger partial charge in [-0.2, -0.15) is 0 Å². The van der Waals surface area contributed by atoms with Crippen molar-refractivity contribution in [2.45, 2.75) is 11.7 Å². The maximum Gasteiger partial charge on any atom is 0.289 e. The van der Waals surface area contributed by atoms with Gasteiger partial charge in [-0.15, -0.1) is 0 Å². The summed E-state index contributed by atoms with van der Waals surface area (Å²) < 4.78 is 0. The fourth-order valence-electron chi connectivity index (χ4n) is 1.87. The summed E-state index contributed by atoms with van der Waals surface area (Å²) in [6.45, 7) is 0.943. The summed E-state index contributed by atoms with van der Waals surface area (Å²) in [6, 6.07) is 7.37. The van der Waals surface area contributed by atoms with Gasteiger partial charge in [0.05, 0.1) is 18.3 Å². The van der Waals surface area contributed by atoms with Crippen molar-refractivity contribution in [3.63, 3.8) is 0 Å². The third kappa shape index (κ3) is 2.85. The van der Waals surface area contributed by atoms with E-state index >= 15 is 0 Å². The minimum Gasteiger partial charge on any atom is -0.356 e. The smallest absolute Gasteiger partial charge is 0.289 e. The number of thioether (sulfide) groups is 1. The van der Waals surface area contributed by atoms with Crippen molar-refractivity contribution in [1.29, 1.82) is 0 Å². The Morgan fingerprint density at radius 3 is 2.83 bits per heavy atom. The number of hydrogen-bond donors (Lipinski definition) is 1. The highest BCUT2D eigenvalue weighted by Gasteiger charge is 2.39. The highest BCUT2D eigenvalue weighted by molar-refractivity contribution is 8.15. The molecule has 2 rings (SSSR count). The lowest BCUT2D eigenvalue weighted by Crippen LogP contribution is -2.55. The van der Waals surface area contributed by atoms with Crippen LogP contribution >= 0.6 is 23.4 Å². The molecule has 3 N–H and O–H groups in total. The van der Waals surface area contributed by atoms with E-state index in [1.54, 1.807) is 6.07 Å². The van der Waals surface area contributed by atoms with E-state index in [9.17, 15) is 9.59 Å². The third-order valence-corrected chi connectivity index (χ3v) is 4.01. The third-order valence-electron chi connectivity index (χ3n) is 2.70. The molecule has 1 aromatic rings. The van der Waals surface area contributed by atoms with Gasteiger partial charge in [-0.25, -0.2) is 0 Å². The van der Waals surface area contributed by atoms with E-state index < -0.39 is 0 Å². The van der Waals surface area contributed by atoms with E-state index in [4.69, 9.17) is 11.6 Å². The summed E-state index contributed by atoms with van der Waals surface area (Å²) in [4.78, 5) is 25.0. The molecule has 1 saturated heterocycles. The number of imide groups is 1. The van der Waals surface area contributed by atoms with Crippen LogP contribution in [0.2, 0.25) is 5.02 Å². The van der Waals surface area contributed by atoms with Gasteiger partial charge in [0.15, 0.2) is 0 Å². The molecular weight excluding hydrogens is 272 g/mol. The molecule has 2 amide bonds. The van der Waals surface area contributed by atoms with Crippen LogP contribution in [0.1, 0.15) is 5.56 Å². The minimum atomic E-state index is -0.331. The van der Waals surface area contributed by atoms with Gasteiger partial charge in [-0.05, 0) is 24.1 Å². The molecule has 0 aromatic heterocycles. The van der Waals surface area contributed by atoms with Crippen molar-refractivity contribution in [2.24, 2.45) is 0 Å². The Labute approximate surface area is 114 Å². The Hall–Kier alpha value is -1.04. The molecule has 0 radical (unpaired) electrons. The Morgan fingerprint density at radius 1 is 1.39 bits per heavy atom. The summed E-state index contributed by atoms with van der Waals surface area (Å²) in [6.07, 6.45) is 0.531. The van der Waals surface area contributed by atoms with Gasteiger partial charge in [0.25, 0.3) is 5.24 Å². The maximum atomic E-state index is 12.0. The fraction of sp³-hybridized carbons (Fsp3) is 0.333. The summed E-state index contributed by atoms with van der Waals surface area (Å²) >= 11 is 6.99. The number of benzene rings is 1. The Balaban J connectivity index is 2.07. The predicted molar refractivity (Wildman–Crippen MR) is 71.4 cm³/mol. The van der Waals surface area contributed by atoms with Crippen molar-refractivity contribution in [2.75, 3.05) is 13.1 Å². The maximum absolute atomic E-state index is 12.0. The number of amides is 2. The lowest BCUT2D eigenvalue weighted by molar-refractivity contribution is -0.367. The number of nitrogens with zero attached hydrogens (tertiary/aromatic N) is 1. The van der Waals surface area contributed by atoms with Gasteiger partial charge in [0, 0.05) is 5.02 Å². The van der Waals surface area contributed by atoms with Crippen molar-refractivity contribution in [3.8, 4) is 0 Å². The molecule has 1 aliphatic heterocycles. The molecule has 4 nitrogen and oxygen atoms in total. The standard InChI is InChI=1S/C12H13ClN2O2S/c13-9-3-1-2-8(6-9)7-10-11(16)15(5-4-14)12(17)18-10/h1-3,6,10H,4-5,7,14H2/p+1/t10-/m1/s1. The van der Waals surface area contributed by atoms with Crippen LogP contribution in [0.15, 0.2) is 24.3 Å². The molecule has 0 unspecified atom stereocenters. The van der Waals surface area contributed by atoms with Crippen LogP contribution in [0.25, 0.3) is 0 Å². The van der Waals surface area contributed by atoms with Gasteiger partial charge < -0.3 is 5.73 Å². The molecule has 6 heteroatoms. The molecule has 18 heavy (non-hydrogen) atoms. The second kappa shape index (κ2) is 5.73. The summed E-state index contributed by atoms with van der Waals surface area (Å²) in [5.74, 6) is -0.117. The van der Waals surface area contributed by atoms with Crippen molar-refractivity contribution >= 4 is 34.5 Å². The monoisotopic (exact) mass is 285 g/mol. The van der Waals surface area contributed by atoms with E-state index in [2.05, 4.69) is 5.73 Å². The van der Waals surface area contributed by atoms with Crippen LogP contribution in [-0.2, 0) is 11.2 Å².